The summed E-state index contributed by atoms with van der Waals surface area (Å²) in [4.78, 5) is 26.5. The molecule has 10 heteroatoms. The smallest absolute Gasteiger partial charge is 0.407 e. The van der Waals surface area contributed by atoms with Gasteiger partial charge in [0.1, 0.15) is 30.3 Å². The number of nitriles is 1. The van der Waals surface area contributed by atoms with Crippen LogP contribution in [0.1, 0.15) is 34.6 Å². The first kappa shape index (κ1) is 33.1. The van der Waals surface area contributed by atoms with Crippen LogP contribution < -0.4 is 20.7 Å². The molecule has 1 saturated heterocycles. The normalized spacial score (nSPS) is 16.5. The van der Waals surface area contributed by atoms with E-state index in [4.69, 9.17) is 19.5 Å². The lowest BCUT2D eigenvalue weighted by molar-refractivity contribution is -0.118. The van der Waals surface area contributed by atoms with E-state index in [0.29, 0.717) is 49.5 Å². The van der Waals surface area contributed by atoms with E-state index in [1.165, 1.54) is 19.2 Å². The molecule has 9 nitrogen and oxygen atoms in total. The van der Waals surface area contributed by atoms with Crippen LogP contribution in [0, 0.1) is 17.1 Å². The Labute approximate surface area is 273 Å². The van der Waals surface area contributed by atoms with Gasteiger partial charge in [-0.2, -0.15) is 5.26 Å². The third-order valence-electron chi connectivity index (χ3n) is 8.01. The van der Waals surface area contributed by atoms with Crippen LogP contribution in [-0.2, 0) is 20.7 Å². The summed E-state index contributed by atoms with van der Waals surface area (Å²) in [5.74, 6) is -0.919. The Balaban J connectivity index is 1.29. The summed E-state index contributed by atoms with van der Waals surface area (Å²) in [6, 6.07) is 31.0. The van der Waals surface area contributed by atoms with Crippen molar-refractivity contribution in [1.82, 2.24) is 10.6 Å². The number of nitrogens with one attached hydrogen (secondary N) is 3. The minimum atomic E-state index is -1.08. The molecule has 1 aliphatic heterocycles. The number of methoxy groups -OCH3 is 1. The molecule has 5 rings (SSSR count). The number of alkyl carbamates (subject to hydrolysis) is 1. The maximum Gasteiger partial charge on any atom is 0.407 e. The van der Waals surface area contributed by atoms with Crippen LogP contribution in [0.25, 0.3) is 0 Å². The molecule has 0 aromatic heterocycles. The molecule has 4 aromatic rings. The van der Waals surface area contributed by atoms with Crippen molar-refractivity contribution in [2.75, 3.05) is 32.1 Å². The minimum absolute atomic E-state index is 0.138. The molecular weight excluding hydrogens is 599 g/mol. The number of amides is 2. The molecule has 0 saturated carbocycles. The lowest BCUT2D eigenvalue weighted by Gasteiger charge is -2.31. The van der Waals surface area contributed by atoms with Gasteiger partial charge in [-0.15, -0.1) is 0 Å². The lowest BCUT2D eigenvalue weighted by atomic mass is 9.84. The van der Waals surface area contributed by atoms with Gasteiger partial charge in [0.15, 0.2) is 0 Å². The highest BCUT2D eigenvalue weighted by Gasteiger charge is 2.33. The molecule has 0 spiro atoms. The Hall–Kier alpha value is -5.24. The molecule has 47 heavy (non-hydrogen) atoms. The number of carbonyl (C=O) groups excluding carboxylic acids is 2. The van der Waals surface area contributed by atoms with Gasteiger partial charge in [-0.05, 0) is 65.9 Å². The van der Waals surface area contributed by atoms with E-state index in [2.05, 4.69) is 22.0 Å². The number of carbonyl (C=O) groups is 2. The zero-order chi connectivity index (χ0) is 33.0. The van der Waals surface area contributed by atoms with Crippen LogP contribution in [0.4, 0.5) is 14.9 Å². The number of benzene rings is 4. The van der Waals surface area contributed by atoms with Gasteiger partial charge in [0.05, 0.1) is 24.8 Å². The number of morpholine rings is 1. The van der Waals surface area contributed by atoms with Gasteiger partial charge in [-0.3, -0.25) is 4.79 Å². The second-order valence-corrected chi connectivity index (χ2v) is 11.2. The quantitative estimate of drug-likeness (QED) is 0.186. The fourth-order valence-electron chi connectivity index (χ4n) is 5.65. The van der Waals surface area contributed by atoms with E-state index in [0.717, 1.165) is 16.7 Å². The van der Waals surface area contributed by atoms with Crippen molar-refractivity contribution in [3.8, 4) is 11.8 Å². The minimum Gasteiger partial charge on any atom is -0.491 e. The Kier molecular flexibility index (Phi) is 11.5. The van der Waals surface area contributed by atoms with Crippen molar-refractivity contribution in [2.45, 2.75) is 37.0 Å². The maximum atomic E-state index is 14.6. The van der Waals surface area contributed by atoms with Crippen LogP contribution in [0.15, 0.2) is 103 Å². The number of hydrogen-bond donors (Lipinski definition) is 3. The van der Waals surface area contributed by atoms with E-state index in [9.17, 15) is 14.0 Å². The number of aryl methyl sites for hydroxylation is 1. The topological polar surface area (TPSA) is 122 Å². The summed E-state index contributed by atoms with van der Waals surface area (Å²) in [7, 11) is 1.24. The van der Waals surface area contributed by atoms with Gasteiger partial charge in [-0.25, -0.2) is 9.18 Å². The van der Waals surface area contributed by atoms with Crippen molar-refractivity contribution in [1.29, 1.82) is 5.26 Å². The number of anilines is 1. The van der Waals surface area contributed by atoms with E-state index in [1.54, 1.807) is 30.3 Å². The predicted octanol–water partition coefficient (Wildman–Crippen LogP) is 5.56. The average molecular weight is 637 g/mol. The molecule has 4 aromatic carbocycles. The maximum absolute atomic E-state index is 14.6. The van der Waals surface area contributed by atoms with Gasteiger partial charge < -0.3 is 30.2 Å². The van der Waals surface area contributed by atoms with Crippen LogP contribution in [0.2, 0.25) is 0 Å². The molecular formula is C37H37FN4O5. The van der Waals surface area contributed by atoms with Gasteiger partial charge in [0, 0.05) is 24.7 Å². The molecule has 0 unspecified atom stereocenters. The Morgan fingerprint density at radius 2 is 1.62 bits per heavy atom. The first-order chi connectivity index (χ1) is 22.9. The van der Waals surface area contributed by atoms with Crippen LogP contribution in [0.3, 0.4) is 0 Å². The number of halogens is 1. The molecule has 3 N–H and O–H groups in total. The van der Waals surface area contributed by atoms with Crippen molar-refractivity contribution in [3.05, 3.63) is 131 Å². The second kappa shape index (κ2) is 16.4. The highest BCUT2D eigenvalue weighted by atomic mass is 19.1. The number of ether oxygens (including phenoxy) is 3. The molecule has 242 valence electrons. The highest BCUT2D eigenvalue weighted by molar-refractivity contribution is 5.98. The highest BCUT2D eigenvalue weighted by Crippen LogP contribution is 2.30. The SMILES string of the molecule is COC(=O)N[C@H](C(=O)Nc1cc(F)ccc1CC[C@@H]1CNC[C@@H](COc2ccc(C#N)cc2)O1)C(c1ccccc1)c1ccccc1. The third kappa shape index (κ3) is 9.16. The molecule has 3 atom stereocenters. The zero-order valence-corrected chi connectivity index (χ0v) is 26.0. The van der Waals surface area contributed by atoms with E-state index >= 15 is 0 Å². The third-order valence-corrected chi connectivity index (χ3v) is 8.01. The average Bonchev–Trinajstić information content (AvgIpc) is 3.11. The Bertz CT molecular complexity index is 1620. The molecule has 1 aliphatic rings. The standard InChI is InChI=1S/C37H37FN4O5/c1-45-37(44)42-35(34(27-8-4-2-5-9-27)28-10-6-3-7-11-28)36(43)41-33-20-29(38)16-14-26(33)15-19-31-22-40-23-32(47-31)24-46-30-17-12-25(21-39)13-18-30/h2-14,16-18,20,31-32,34-35,40H,15,19,22-24H2,1H3,(H,41,43)(H,42,44)/t31-,32+,35+/m1/s1. The summed E-state index contributed by atoms with van der Waals surface area (Å²) in [5.41, 5.74) is 3.23. The van der Waals surface area contributed by atoms with Crippen molar-refractivity contribution < 1.29 is 28.2 Å². The first-order valence-electron chi connectivity index (χ1n) is 15.5. The summed E-state index contributed by atoms with van der Waals surface area (Å²) in [6.45, 7) is 1.60. The van der Waals surface area contributed by atoms with Crippen molar-refractivity contribution in [3.63, 3.8) is 0 Å². The van der Waals surface area contributed by atoms with Crippen molar-refractivity contribution >= 4 is 17.7 Å². The van der Waals surface area contributed by atoms with E-state index in [-0.39, 0.29) is 12.2 Å². The fourth-order valence-corrected chi connectivity index (χ4v) is 5.65. The number of rotatable bonds is 12. The zero-order valence-electron chi connectivity index (χ0n) is 26.0. The Morgan fingerprint density at radius 1 is 0.957 bits per heavy atom. The summed E-state index contributed by atoms with van der Waals surface area (Å²) >= 11 is 0. The largest absolute Gasteiger partial charge is 0.491 e. The van der Waals surface area contributed by atoms with Crippen LogP contribution >= 0.6 is 0 Å². The van der Waals surface area contributed by atoms with Gasteiger partial charge in [0.25, 0.3) is 0 Å². The fraction of sp³-hybridized carbons (Fsp3) is 0.270. The first-order valence-corrected chi connectivity index (χ1v) is 15.5. The molecule has 0 radical (unpaired) electrons. The van der Waals surface area contributed by atoms with Gasteiger partial charge in [0.2, 0.25) is 5.91 Å². The summed E-state index contributed by atoms with van der Waals surface area (Å²) < 4.78 is 31.6. The number of nitrogens with zero attached hydrogens (tertiary/aromatic N) is 1. The van der Waals surface area contributed by atoms with E-state index in [1.807, 2.05) is 60.7 Å². The van der Waals surface area contributed by atoms with Gasteiger partial charge in [-0.1, -0.05) is 66.7 Å². The summed E-state index contributed by atoms with van der Waals surface area (Å²) in [6.07, 6.45) is 0.0219. The Morgan fingerprint density at radius 3 is 2.26 bits per heavy atom. The van der Waals surface area contributed by atoms with Crippen LogP contribution in [-0.4, -0.2) is 57.1 Å². The van der Waals surface area contributed by atoms with E-state index < -0.39 is 29.8 Å². The lowest BCUT2D eigenvalue weighted by Crippen LogP contribution is -2.48. The molecule has 0 aliphatic carbocycles. The number of hydrogen-bond acceptors (Lipinski definition) is 7. The van der Waals surface area contributed by atoms with Gasteiger partial charge >= 0.3 is 6.09 Å². The molecule has 2 amide bonds. The monoisotopic (exact) mass is 636 g/mol. The molecule has 1 heterocycles. The second-order valence-electron chi connectivity index (χ2n) is 11.2. The van der Waals surface area contributed by atoms with Crippen LogP contribution in [0.5, 0.6) is 5.75 Å². The summed E-state index contributed by atoms with van der Waals surface area (Å²) in [5, 5.41) is 18.0. The predicted molar refractivity (Wildman–Crippen MR) is 176 cm³/mol. The molecule has 1 fully saturated rings. The molecule has 0 bridgehead atoms. The van der Waals surface area contributed by atoms with Crippen molar-refractivity contribution in [2.24, 2.45) is 0 Å².